The number of aromatic nitrogens is 1. The number of ether oxygens (including phenoxy) is 1. The number of nitrogens with one attached hydrogen (secondary N) is 2. The molecule has 37 heavy (non-hydrogen) atoms. The Bertz CT molecular complexity index is 1470. The van der Waals surface area contributed by atoms with Gasteiger partial charge in [-0.3, -0.25) is 25.0 Å². The Morgan fingerprint density at radius 2 is 1.84 bits per heavy atom. The molecule has 3 saturated heterocycles. The van der Waals surface area contributed by atoms with Crippen molar-refractivity contribution in [2.75, 3.05) is 42.6 Å². The number of hydrogen-bond donors (Lipinski definition) is 2. The standard InChI is InChI=1S/C22H22FN5O8S/c1-10-17-22(19(30)24-21(32)25-20(22)31)9-11-8-12-14(18(29)27-3-6-37(33,34)7-4-27)26-36-16(12)13(23)15(11)28(17)2-5-35-10/h8,10,17H,2-7,9H2,1H3,(H2,24,25,30,31,32)/t10-,17+/m0/s1. The molecule has 0 aliphatic carbocycles. The average molecular weight is 536 g/mol. The molecule has 3 fully saturated rings. The van der Waals surface area contributed by atoms with E-state index >= 15 is 4.39 Å². The van der Waals surface area contributed by atoms with E-state index < -0.39 is 57.0 Å². The molecule has 0 radical (unpaired) electrons. The number of nitrogens with zero attached hydrogens (tertiary/aromatic N) is 3. The van der Waals surface area contributed by atoms with E-state index in [1.54, 1.807) is 11.8 Å². The van der Waals surface area contributed by atoms with Crippen LogP contribution < -0.4 is 15.5 Å². The highest BCUT2D eigenvalue weighted by Gasteiger charge is 2.63. The van der Waals surface area contributed by atoms with Gasteiger partial charge in [0.15, 0.2) is 26.8 Å². The van der Waals surface area contributed by atoms with E-state index in [0.29, 0.717) is 0 Å². The maximum atomic E-state index is 16.0. The summed E-state index contributed by atoms with van der Waals surface area (Å²) in [4.78, 5) is 54.3. The Balaban J connectivity index is 1.48. The maximum Gasteiger partial charge on any atom is 0.328 e. The predicted molar refractivity (Wildman–Crippen MR) is 123 cm³/mol. The molecular formula is C22H22FN5O8S. The summed E-state index contributed by atoms with van der Waals surface area (Å²) in [5.41, 5.74) is -1.91. The first-order valence-corrected chi connectivity index (χ1v) is 13.5. The predicted octanol–water partition coefficient (Wildman–Crippen LogP) is -0.660. The van der Waals surface area contributed by atoms with Crippen molar-refractivity contribution in [3.63, 3.8) is 0 Å². The molecule has 2 atom stereocenters. The van der Waals surface area contributed by atoms with Crippen LogP contribution in [-0.4, -0.2) is 92.1 Å². The van der Waals surface area contributed by atoms with Gasteiger partial charge in [0.1, 0.15) is 0 Å². The number of morpholine rings is 1. The number of barbiturate groups is 1. The van der Waals surface area contributed by atoms with Crippen LogP contribution in [0.4, 0.5) is 14.9 Å². The summed E-state index contributed by atoms with van der Waals surface area (Å²) < 4.78 is 50.5. The van der Waals surface area contributed by atoms with Crippen molar-refractivity contribution < 1.29 is 41.2 Å². The van der Waals surface area contributed by atoms with Crippen LogP contribution in [0.5, 0.6) is 0 Å². The van der Waals surface area contributed by atoms with Gasteiger partial charge in [0, 0.05) is 26.1 Å². The van der Waals surface area contributed by atoms with E-state index in [-0.39, 0.29) is 72.1 Å². The van der Waals surface area contributed by atoms with Gasteiger partial charge in [-0.25, -0.2) is 17.6 Å². The summed E-state index contributed by atoms with van der Waals surface area (Å²) in [6.45, 7) is 1.95. The van der Waals surface area contributed by atoms with Crippen molar-refractivity contribution >= 4 is 50.2 Å². The molecule has 0 bridgehead atoms. The average Bonchev–Trinajstić information content (AvgIpc) is 3.26. The number of sulfone groups is 1. The number of benzene rings is 1. The van der Waals surface area contributed by atoms with Crippen molar-refractivity contribution in [2.45, 2.75) is 25.5 Å². The van der Waals surface area contributed by atoms with Crippen LogP contribution in [0.1, 0.15) is 23.0 Å². The van der Waals surface area contributed by atoms with E-state index in [2.05, 4.69) is 15.8 Å². The zero-order valence-electron chi connectivity index (χ0n) is 19.6. The topological polar surface area (TPSA) is 168 Å². The molecule has 0 saturated carbocycles. The van der Waals surface area contributed by atoms with Gasteiger partial charge in [0.05, 0.1) is 41.3 Å². The van der Waals surface area contributed by atoms with E-state index in [0.717, 1.165) is 0 Å². The lowest BCUT2D eigenvalue weighted by Gasteiger charge is -2.54. The van der Waals surface area contributed by atoms with Crippen molar-refractivity contribution in [3.8, 4) is 0 Å². The molecule has 0 unspecified atom stereocenters. The number of rotatable bonds is 1. The summed E-state index contributed by atoms with van der Waals surface area (Å²) in [6.07, 6.45) is -0.931. The summed E-state index contributed by atoms with van der Waals surface area (Å²) in [5.74, 6) is -3.45. The van der Waals surface area contributed by atoms with E-state index in [4.69, 9.17) is 9.26 Å². The smallest absolute Gasteiger partial charge is 0.328 e. The largest absolute Gasteiger partial charge is 0.374 e. The highest BCUT2D eigenvalue weighted by Crippen LogP contribution is 2.48. The number of carbonyl (C=O) groups is 4. The van der Waals surface area contributed by atoms with Gasteiger partial charge in [-0.1, -0.05) is 5.16 Å². The molecule has 5 amide bonds. The highest BCUT2D eigenvalue weighted by molar-refractivity contribution is 7.91. The second kappa shape index (κ2) is 7.95. The summed E-state index contributed by atoms with van der Waals surface area (Å²) >= 11 is 0. The molecule has 196 valence electrons. The summed E-state index contributed by atoms with van der Waals surface area (Å²) in [5, 5.41) is 8.15. The van der Waals surface area contributed by atoms with Crippen molar-refractivity contribution in [2.24, 2.45) is 5.41 Å². The van der Waals surface area contributed by atoms with Crippen molar-refractivity contribution in [3.05, 3.63) is 23.1 Å². The summed E-state index contributed by atoms with van der Waals surface area (Å²) in [7, 11) is -3.24. The van der Waals surface area contributed by atoms with Gasteiger partial charge in [-0.2, -0.15) is 0 Å². The molecule has 2 aromatic rings. The van der Waals surface area contributed by atoms with Gasteiger partial charge in [0.25, 0.3) is 5.91 Å². The minimum absolute atomic E-state index is 0.0340. The van der Waals surface area contributed by atoms with Crippen LogP contribution in [-0.2, 0) is 30.6 Å². The SMILES string of the molecule is C[C@@H]1OCCN2c3c(cc4c(C(=O)N5CCS(=O)(=O)CC5)noc4c3F)CC3(C(=O)NC(=O)NC3=O)[C@@H]12. The minimum atomic E-state index is -3.24. The highest BCUT2D eigenvalue weighted by atomic mass is 32.2. The van der Waals surface area contributed by atoms with Crippen molar-refractivity contribution in [1.29, 1.82) is 0 Å². The van der Waals surface area contributed by atoms with Crippen LogP contribution in [0.15, 0.2) is 10.6 Å². The van der Waals surface area contributed by atoms with E-state index in [1.807, 2.05) is 0 Å². The van der Waals surface area contributed by atoms with Crippen LogP contribution in [0.3, 0.4) is 0 Å². The molecule has 6 rings (SSSR count). The van der Waals surface area contributed by atoms with Crippen LogP contribution in [0.25, 0.3) is 11.0 Å². The number of urea groups is 1. The fraction of sp³-hybridized carbons (Fsp3) is 0.500. The third kappa shape index (κ3) is 3.36. The van der Waals surface area contributed by atoms with E-state index in [9.17, 15) is 27.6 Å². The third-order valence-electron chi connectivity index (χ3n) is 7.61. The zero-order chi connectivity index (χ0) is 26.3. The van der Waals surface area contributed by atoms with Gasteiger partial charge < -0.3 is 19.1 Å². The molecule has 4 aliphatic heterocycles. The number of imide groups is 2. The van der Waals surface area contributed by atoms with Crippen LogP contribution in [0.2, 0.25) is 0 Å². The number of carbonyl (C=O) groups excluding carboxylic acids is 4. The fourth-order valence-corrected chi connectivity index (χ4v) is 7.08. The van der Waals surface area contributed by atoms with Gasteiger partial charge in [0.2, 0.25) is 17.4 Å². The zero-order valence-corrected chi connectivity index (χ0v) is 20.4. The van der Waals surface area contributed by atoms with Gasteiger partial charge in [-0.15, -0.1) is 0 Å². The normalized spacial score (nSPS) is 26.5. The first-order valence-electron chi connectivity index (χ1n) is 11.7. The number of amides is 5. The molecule has 1 spiro atoms. The number of halogens is 1. The van der Waals surface area contributed by atoms with E-state index in [1.165, 1.54) is 11.0 Å². The third-order valence-corrected chi connectivity index (χ3v) is 9.22. The number of fused-ring (bicyclic) bond motifs is 5. The molecular weight excluding hydrogens is 513 g/mol. The molecule has 1 aromatic carbocycles. The monoisotopic (exact) mass is 535 g/mol. The number of hydrogen-bond acceptors (Lipinski definition) is 10. The van der Waals surface area contributed by atoms with Crippen LogP contribution in [0, 0.1) is 11.2 Å². The second-order valence-electron chi connectivity index (χ2n) is 9.65. The lowest BCUT2D eigenvalue weighted by molar-refractivity contribution is -0.151. The molecule has 15 heteroatoms. The Morgan fingerprint density at radius 1 is 1.16 bits per heavy atom. The number of anilines is 1. The Morgan fingerprint density at radius 3 is 2.51 bits per heavy atom. The Hall–Kier alpha value is -3.59. The fourth-order valence-electron chi connectivity index (χ4n) is 5.88. The molecule has 5 heterocycles. The first kappa shape index (κ1) is 23.8. The first-order chi connectivity index (χ1) is 17.5. The Kier molecular flexibility index (Phi) is 5.11. The Labute approximate surface area is 209 Å². The quantitative estimate of drug-likeness (QED) is 0.447. The molecule has 2 N–H and O–H groups in total. The van der Waals surface area contributed by atoms with Gasteiger partial charge >= 0.3 is 6.03 Å². The maximum absolute atomic E-state index is 16.0. The summed E-state index contributed by atoms with van der Waals surface area (Å²) in [6, 6.07) is -0.402. The van der Waals surface area contributed by atoms with Gasteiger partial charge in [-0.05, 0) is 18.6 Å². The molecule has 13 nitrogen and oxygen atoms in total. The molecule has 1 aromatic heterocycles. The van der Waals surface area contributed by atoms with Crippen LogP contribution >= 0.6 is 0 Å². The second-order valence-corrected chi connectivity index (χ2v) is 12.0. The molecule has 4 aliphatic rings. The minimum Gasteiger partial charge on any atom is -0.374 e. The lowest BCUT2D eigenvalue weighted by Crippen LogP contribution is -2.74. The lowest BCUT2D eigenvalue weighted by atomic mass is 9.66. The van der Waals surface area contributed by atoms with Crippen molar-refractivity contribution in [1.82, 2.24) is 20.7 Å².